The molecule has 1 aromatic carbocycles. The number of nitrogens with one attached hydrogen (secondary N) is 1. The van der Waals surface area contributed by atoms with Gasteiger partial charge in [0.25, 0.3) is 0 Å². The first-order valence-corrected chi connectivity index (χ1v) is 15.5. The molecule has 3 N–H and O–H groups in total. The first-order valence-electron chi connectivity index (χ1n) is 12.9. The molecule has 1 unspecified atom stereocenters. The molecule has 5 rings (SSSR count). The Morgan fingerprint density at radius 3 is 2.52 bits per heavy atom. The molecule has 3 heterocycles. The number of benzene rings is 1. The number of thioether (sulfide) groups is 1. The molecule has 3 aromatic rings. The van der Waals surface area contributed by atoms with Crippen LogP contribution < -0.4 is 30.2 Å². The summed E-state index contributed by atoms with van der Waals surface area (Å²) in [5.41, 5.74) is 8.78. The molecule has 0 spiro atoms. The summed E-state index contributed by atoms with van der Waals surface area (Å²) in [5.74, 6) is 0.823. The highest BCUT2D eigenvalue weighted by molar-refractivity contribution is 8.01. The van der Waals surface area contributed by atoms with Gasteiger partial charge in [0, 0.05) is 45.3 Å². The van der Waals surface area contributed by atoms with Gasteiger partial charge in [-0.2, -0.15) is 5.26 Å². The van der Waals surface area contributed by atoms with Crippen molar-refractivity contribution in [1.29, 1.82) is 5.26 Å². The van der Waals surface area contributed by atoms with Gasteiger partial charge < -0.3 is 25.3 Å². The molecule has 0 fully saturated rings. The Morgan fingerprint density at radius 2 is 1.90 bits per heavy atom. The van der Waals surface area contributed by atoms with Gasteiger partial charge in [-0.15, -0.1) is 21.5 Å². The van der Waals surface area contributed by atoms with Crippen LogP contribution in [-0.2, 0) is 9.59 Å². The monoisotopic (exact) mass is 624 g/mol. The quantitative estimate of drug-likeness (QED) is 0.310. The van der Waals surface area contributed by atoms with Gasteiger partial charge >= 0.3 is 0 Å². The fraction of sp³-hybridized carbons (Fsp3) is 0.321. The number of carbonyl (C=O) groups is 2. The van der Waals surface area contributed by atoms with Crippen LogP contribution in [0.3, 0.4) is 0 Å². The Bertz CT molecular complexity index is 1630. The van der Waals surface area contributed by atoms with Crippen LogP contribution in [0.5, 0.6) is 17.2 Å². The highest BCUT2D eigenvalue weighted by Crippen LogP contribution is 2.48. The summed E-state index contributed by atoms with van der Waals surface area (Å²) in [6.45, 7) is 1.99. The Morgan fingerprint density at radius 1 is 1.17 bits per heavy atom. The van der Waals surface area contributed by atoms with Crippen molar-refractivity contribution in [1.82, 2.24) is 10.2 Å². The van der Waals surface area contributed by atoms with Gasteiger partial charge in [-0.05, 0) is 31.9 Å². The van der Waals surface area contributed by atoms with Crippen LogP contribution in [0, 0.1) is 18.3 Å². The molecule has 2 aromatic heterocycles. The average molecular weight is 625 g/mol. The van der Waals surface area contributed by atoms with E-state index in [9.17, 15) is 14.9 Å². The van der Waals surface area contributed by atoms with Crippen molar-refractivity contribution in [3.63, 3.8) is 0 Å². The van der Waals surface area contributed by atoms with Crippen molar-refractivity contribution in [2.45, 2.75) is 36.4 Å². The Balaban J connectivity index is 1.37. The number of allylic oxidation sites excluding steroid dienone is 3. The van der Waals surface area contributed by atoms with Crippen molar-refractivity contribution >= 4 is 56.9 Å². The van der Waals surface area contributed by atoms with E-state index in [-0.39, 0.29) is 23.3 Å². The molecule has 0 saturated heterocycles. The van der Waals surface area contributed by atoms with E-state index in [2.05, 4.69) is 21.6 Å². The zero-order valence-corrected chi connectivity index (χ0v) is 25.8. The van der Waals surface area contributed by atoms with E-state index >= 15 is 0 Å². The first kappa shape index (κ1) is 29.4. The highest BCUT2D eigenvalue weighted by atomic mass is 32.2. The van der Waals surface area contributed by atoms with Gasteiger partial charge in [0.1, 0.15) is 5.82 Å². The number of ketones is 1. The number of carbonyl (C=O) groups excluding carboxylic acids is 2. The fourth-order valence-corrected chi connectivity index (χ4v) is 7.71. The third kappa shape index (κ3) is 5.55. The number of hydrogen-bond acceptors (Lipinski definition) is 13. The lowest BCUT2D eigenvalue weighted by Gasteiger charge is -2.37. The SMILES string of the molecule is COc1cc(NC(=O)CSc2nnc(N3C(N)=C(C#N)C(c4ccc(C)s4)C4=C3CCCC4=O)s2)cc(OC)c1OC. The number of aromatic nitrogens is 2. The molecular weight excluding hydrogens is 597 g/mol. The number of hydrogen-bond donors (Lipinski definition) is 2. The maximum atomic E-state index is 13.3. The number of nitriles is 1. The minimum absolute atomic E-state index is 0.0140. The van der Waals surface area contributed by atoms with Gasteiger partial charge in [-0.3, -0.25) is 14.5 Å². The maximum Gasteiger partial charge on any atom is 0.234 e. The summed E-state index contributed by atoms with van der Waals surface area (Å²) in [6.07, 6.45) is 1.73. The normalized spacial score (nSPS) is 16.7. The summed E-state index contributed by atoms with van der Waals surface area (Å²) >= 11 is 4.01. The van der Waals surface area contributed by atoms with E-state index in [1.54, 1.807) is 28.4 Å². The van der Waals surface area contributed by atoms with Crippen LogP contribution in [0.2, 0.25) is 0 Å². The zero-order valence-electron chi connectivity index (χ0n) is 23.3. The average Bonchev–Trinajstić information content (AvgIpc) is 3.63. The van der Waals surface area contributed by atoms with Crippen LogP contribution in [0.15, 0.2) is 51.3 Å². The molecule has 14 heteroatoms. The van der Waals surface area contributed by atoms with E-state index in [1.807, 2.05) is 19.1 Å². The third-order valence-electron chi connectivity index (χ3n) is 6.82. The van der Waals surface area contributed by atoms with Gasteiger partial charge in [0.15, 0.2) is 21.6 Å². The number of anilines is 2. The number of thiophene rings is 1. The van der Waals surface area contributed by atoms with Gasteiger partial charge in [0.2, 0.25) is 16.8 Å². The number of nitrogens with two attached hydrogens (primary N) is 1. The number of nitrogens with zero attached hydrogens (tertiary/aromatic N) is 4. The van der Waals surface area contributed by atoms with Crippen LogP contribution in [0.25, 0.3) is 0 Å². The molecule has 1 aliphatic heterocycles. The van der Waals surface area contributed by atoms with Crippen molar-refractivity contribution in [3.8, 4) is 23.3 Å². The maximum absolute atomic E-state index is 13.3. The second-order valence-corrected chi connectivity index (χ2v) is 12.9. The molecule has 11 nitrogen and oxygen atoms in total. The Hall–Kier alpha value is -4.06. The molecular formula is C28H28N6O5S3. The minimum Gasteiger partial charge on any atom is -0.493 e. The van der Waals surface area contributed by atoms with Crippen molar-refractivity contribution < 1.29 is 23.8 Å². The number of ether oxygens (including phenoxy) is 3. The summed E-state index contributed by atoms with van der Waals surface area (Å²) in [4.78, 5) is 29.7. The summed E-state index contributed by atoms with van der Waals surface area (Å²) in [5, 5.41) is 22.0. The minimum atomic E-state index is -0.492. The van der Waals surface area contributed by atoms with Crippen molar-refractivity contribution in [2.24, 2.45) is 5.73 Å². The predicted octanol–water partition coefficient (Wildman–Crippen LogP) is 4.97. The highest BCUT2D eigenvalue weighted by Gasteiger charge is 2.41. The molecule has 1 atom stereocenters. The molecule has 2 aliphatic rings. The van der Waals surface area contributed by atoms with Crippen molar-refractivity contribution in [2.75, 3.05) is 37.3 Å². The van der Waals surface area contributed by atoms with E-state index in [1.165, 1.54) is 44.4 Å². The summed E-state index contributed by atoms with van der Waals surface area (Å²) in [7, 11) is 4.51. The molecule has 218 valence electrons. The van der Waals surface area contributed by atoms with Gasteiger partial charge in [-0.25, -0.2) is 0 Å². The lowest BCUT2D eigenvalue weighted by Crippen LogP contribution is -2.38. The van der Waals surface area contributed by atoms with E-state index in [0.717, 1.165) is 15.5 Å². The number of amides is 1. The van der Waals surface area contributed by atoms with E-state index in [4.69, 9.17) is 19.9 Å². The molecule has 1 amide bonds. The van der Waals surface area contributed by atoms with Crippen LogP contribution in [-0.4, -0.2) is 49.0 Å². The smallest absolute Gasteiger partial charge is 0.234 e. The number of rotatable bonds is 9. The number of methoxy groups -OCH3 is 3. The lowest BCUT2D eigenvalue weighted by atomic mass is 9.78. The number of Topliss-reactive ketones (excluding diaryl/α,β-unsaturated/α-hetero) is 1. The second-order valence-electron chi connectivity index (χ2n) is 9.37. The first-order chi connectivity index (χ1) is 20.3. The Labute approximate surface area is 255 Å². The standard InChI is InChI=1S/C28H28N6O5S3/c1-14-8-9-21(41-14)23-16(12-29)26(30)34(17-6-5-7-18(35)24(17)23)27-32-33-28(42-27)40-13-22(36)31-15-10-19(37-2)25(39-4)20(11-15)38-3/h8-11,23H,5-7,13,30H2,1-4H3,(H,31,36). The van der Waals surface area contributed by atoms with Gasteiger partial charge in [-0.1, -0.05) is 23.1 Å². The molecule has 0 saturated carbocycles. The summed E-state index contributed by atoms with van der Waals surface area (Å²) in [6, 6.07) is 9.50. The fourth-order valence-electron chi connectivity index (χ4n) is 5.03. The Kier molecular flexibility index (Phi) is 8.72. The molecule has 0 radical (unpaired) electrons. The van der Waals surface area contributed by atoms with E-state index in [0.29, 0.717) is 62.8 Å². The largest absolute Gasteiger partial charge is 0.493 e. The van der Waals surface area contributed by atoms with Gasteiger partial charge in [0.05, 0.1) is 44.6 Å². The van der Waals surface area contributed by atoms with Crippen molar-refractivity contribution in [3.05, 3.63) is 56.7 Å². The third-order valence-corrected chi connectivity index (χ3v) is 9.93. The molecule has 42 heavy (non-hydrogen) atoms. The van der Waals surface area contributed by atoms with Crippen LogP contribution >= 0.6 is 34.4 Å². The van der Waals surface area contributed by atoms with Crippen LogP contribution in [0.1, 0.15) is 34.9 Å². The zero-order chi connectivity index (χ0) is 30.0. The number of aryl methyl sites for hydroxylation is 1. The topological polar surface area (TPSA) is 153 Å². The second kappa shape index (κ2) is 12.4. The van der Waals surface area contributed by atoms with E-state index < -0.39 is 5.92 Å². The van der Waals surface area contributed by atoms with Crippen LogP contribution in [0.4, 0.5) is 10.8 Å². The summed E-state index contributed by atoms with van der Waals surface area (Å²) < 4.78 is 16.6. The molecule has 1 aliphatic carbocycles. The predicted molar refractivity (Wildman–Crippen MR) is 162 cm³/mol. The molecule has 0 bridgehead atoms. The lowest BCUT2D eigenvalue weighted by molar-refractivity contribution is -0.116.